The van der Waals surface area contributed by atoms with Crippen molar-refractivity contribution in [2.24, 2.45) is 0 Å². The SMILES string of the molecule is O[C@@H]1[C@@H](O)[C@@H]2OC3(CCCCC3)O[C@@H]2[C@H]2OC3(CCCCC3)O[C@@H]12. The Morgan fingerprint density at radius 1 is 0.500 bits per heavy atom. The Morgan fingerprint density at radius 2 is 0.833 bits per heavy atom. The summed E-state index contributed by atoms with van der Waals surface area (Å²) in [6.07, 6.45) is 6.38. The monoisotopic (exact) mass is 340 g/mol. The van der Waals surface area contributed by atoms with Gasteiger partial charge in [-0.25, -0.2) is 0 Å². The van der Waals surface area contributed by atoms with Crippen LogP contribution in [0.25, 0.3) is 0 Å². The fraction of sp³-hybridized carbons (Fsp3) is 1.00. The second-order valence-corrected chi connectivity index (χ2v) is 8.25. The van der Waals surface area contributed by atoms with Crippen molar-refractivity contribution in [1.29, 1.82) is 0 Å². The minimum Gasteiger partial charge on any atom is -0.387 e. The second kappa shape index (κ2) is 5.63. The van der Waals surface area contributed by atoms with Crippen molar-refractivity contribution in [3.8, 4) is 0 Å². The molecule has 0 bridgehead atoms. The second-order valence-electron chi connectivity index (χ2n) is 8.25. The molecular weight excluding hydrogens is 312 g/mol. The lowest BCUT2D eigenvalue weighted by molar-refractivity contribution is -0.224. The van der Waals surface area contributed by atoms with Gasteiger partial charge in [-0.1, -0.05) is 12.8 Å². The Bertz CT molecular complexity index is 440. The molecule has 2 aliphatic heterocycles. The normalized spacial score (nSPS) is 49.2. The smallest absolute Gasteiger partial charge is 0.169 e. The Hall–Kier alpha value is -0.240. The minimum atomic E-state index is -0.986. The molecule has 6 heteroatoms. The molecule has 24 heavy (non-hydrogen) atoms. The first-order valence-corrected chi connectivity index (χ1v) is 9.69. The van der Waals surface area contributed by atoms with Crippen molar-refractivity contribution in [3.05, 3.63) is 0 Å². The largest absolute Gasteiger partial charge is 0.387 e. The van der Waals surface area contributed by atoms with Gasteiger partial charge in [0.2, 0.25) is 0 Å². The zero-order valence-corrected chi connectivity index (χ0v) is 14.1. The van der Waals surface area contributed by atoms with Crippen LogP contribution in [0.4, 0.5) is 0 Å². The number of hydrogen-bond donors (Lipinski definition) is 2. The van der Waals surface area contributed by atoms with Crippen LogP contribution >= 0.6 is 0 Å². The zero-order valence-electron chi connectivity index (χ0n) is 14.1. The van der Waals surface area contributed by atoms with E-state index in [4.69, 9.17) is 18.9 Å². The van der Waals surface area contributed by atoms with Crippen LogP contribution in [-0.2, 0) is 18.9 Å². The van der Waals surface area contributed by atoms with Crippen LogP contribution in [0.1, 0.15) is 64.2 Å². The molecule has 6 atom stereocenters. The van der Waals surface area contributed by atoms with Crippen molar-refractivity contribution in [3.63, 3.8) is 0 Å². The summed E-state index contributed by atoms with van der Waals surface area (Å²) in [7, 11) is 0. The lowest BCUT2D eigenvalue weighted by Crippen LogP contribution is -2.61. The van der Waals surface area contributed by atoms with E-state index in [1.54, 1.807) is 0 Å². The van der Waals surface area contributed by atoms with Crippen LogP contribution in [0.15, 0.2) is 0 Å². The average Bonchev–Trinajstić information content (AvgIpc) is 3.14. The molecule has 2 saturated heterocycles. The van der Waals surface area contributed by atoms with Gasteiger partial charge in [0.15, 0.2) is 11.6 Å². The molecule has 2 spiro atoms. The fourth-order valence-corrected chi connectivity index (χ4v) is 5.39. The first kappa shape index (κ1) is 16.0. The molecule has 5 rings (SSSR count). The maximum Gasteiger partial charge on any atom is 0.169 e. The van der Waals surface area contributed by atoms with Gasteiger partial charge in [0.25, 0.3) is 0 Å². The van der Waals surface area contributed by atoms with Crippen molar-refractivity contribution in [2.75, 3.05) is 0 Å². The summed E-state index contributed by atoms with van der Waals surface area (Å²) >= 11 is 0. The van der Waals surface area contributed by atoms with Gasteiger partial charge >= 0.3 is 0 Å². The van der Waals surface area contributed by atoms with Gasteiger partial charge < -0.3 is 29.2 Å². The molecule has 0 radical (unpaired) electrons. The van der Waals surface area contributed by atoms with Gasteiger partial charge in [0.05, 0.1) is 0 Å². The Balaban J connectivity index is 1.42. The summed E-state index contributed by atoms with van der Waals surface area (Å²) in [5.74, 6) is -1.20. The van der Waals surface area contributed by atoms with Crippen molar-refractivity contribution >= 4 is 0 Å². The summed E-state index contributed by atoms with van der Waals surface area (Å²) in [6.45, 7) is 0. The van der Waals surface area contributed by atoms with Crippen LogP contribution < -0.4 is 0 Å². The van der Waals surface area contributed by atoms with E-state index in [1.807, 2.05) is 0 Å². The number of aliphatic hydroxyl groups is 2. The quantitative estimate of drug-likeness (QED) is 0.698. The average molecular weight is 340 g/mol. The van der Waals surface area contributed by atoms with Crippen molar-refractivity contribution in [1.82, 2.24) is 0 Å². The summed E-state index contributed by atoms with van der Waals surface area (Å²) in [6, 6.07) is 0. The lowest BCUT2D eigenvalue weighted by Gasteiger charge is -2.38. The van der Waals surface area contributed by atoms with E-state index in [2.05, 4.69) is 0 Å². The van der Waals surface area contributed by atoms with Gasteiger partial charge in [0.1, 0.15) is 36.6 Å². The van der Waals surface area contributed by atoms with E-state index in [1.165, 1.54) is 12.8 Å². The Kier molecular flexibility index (Phi) is 3.75. The van der Waals surface area contributed by atoms with Gasteiger partial charge in [0, 0.05) is 25.7 Å². The maximum atomic E-state index is 10.6. The van der Waals surface area contributed by atoms with E-state index >= 15 is 0 Å². The third-order valence-electron chi connectivity index (χ3n) is 6.63. The molecule has 6 nitrogen and oxygen atoms in total. The van der Waals surface area contributed by atoms with Gasteiger partial charge in [-0.3, -0.25) is 0 Å². The van der Waals surface area contributed by atoms with Crippen LogP contribution in [-0.4, -0.2) is 58.4 Å². The third kappa shape index (κ3) is 2.31. The van der Waals surface area contributed by atoms with E-state index in [0.29, 0.717) is 0 Å². The van der Waals surface area contributed by atoms with Crippen LogP contribution in [0.5, 0.6) is 0 Å². The molecule has 3 saturated carbocycles. The molecule has 136 valence electrons. The van der Waals surface area contributed by atoms with Crippen molar-refractivity contribution < 1.29 is 29.2 Å². The summed E-state index contributed by atoms with van der Waals surface area (Å²) < 4.78 is 25.1. The molecule has 0 aromatic carbocycles. The molecule has 0 aromatic heterocycles. The zero-order chi connectivity index (χ0) is 16.4. The van der Waals surface area contributed by atoms with Crippen LogP contribution in [0, 0.1) is 0 Å². The number of aliphatic hydroxyl groups excluding tert-OH is 2. The standard InChI is InChI=1S/C18H28O6/c19-11-12(20)14-16(24-18(22-14)9-5-2-6-10-18)15-13(11)21-17(23-15)7-3-1-4-8-17/h11-16,19-20H,1-10H2/t11-,12-,13+,14+,15+,16+/m1/s1. The number of hydrogen-bond acceptors (Lipinski definition) is 6. The first-order chi connectivity index (χ1) is 11.6. The van der Waals surface area contributed by atoms with Crippen LogP contribution in [0.2, 0.25) is 0 Å². The van der Waals surface area contributed by atoms with E-state index in [0.717, 1.165) is 51.4 Å². The van der Waals surface area contributed by atoms with E-state index < -0.39 is 36.0 Å². The molecular formula is C18H28O6. The molecule has 0 aromatic rings. The molecule has 5 fully saturated rings. The third-order valence-corrected chi connectivity index (χ3v) is 6.63. The topological polar surface area (TPSA) is 77.4 Å². The minimum absolute atomic E-state index is 0.354. The molecule has 3 aliphatic carbocycles. The predicted molar refractivity (Wildman–Crippen MR) is 83.1 cm³/mol. The molecule has 5 aliphatic rings. The molecule has 2 heterocycles. The first-order valence-electron chi connectivity index (χ1n) is 9.69. The Labute approximate surface area is 142 Å². The highest BCUT2D eigenvalue weighted by atomic mass is 16.8. The van der Waals surface area contributed by atoms with Crippen LogP contribution in [0.3, 0.4) is 0 Å². The number of fused-ring (bicyclic) bond motifs is 3. The molecule has 0 amide bonds. The Morgan fingerprint density at radius 3 is 1.21 bits per heavy atom. The van der Waals surface area contributed by atoms with Gasteiger partial charge in [-0.2, -0.15) is 0 Å². The van der Waals surface area contributed by atoms with E-state index in [-0.39, 0.29) is 12.2 Å². The summed E-state index contributed by atoms with van der Waals surface area (Å²) in [5.41, 5.74) is 0. The maximum absolute atomic E-state index is 10.6. The highest BCUT2D eigenvalue weighted by Gasteiger charge is 2.65. The highest BCUT2D eigenvalue weighted by Crippen LogP contribution is 2.51. The summed E-state index contributed by atoms with van der Waals surface area (Å²) in [4.78, 5) is 0. The van der Waals surface area contributed by atoms with E-state index in [9.17, 15) is 10.2 Å². The summed E-state index contributed by atoms with van der Waals surface area (Å²) in [5, 5.41) is 21.2. The number of ether oxygens (including phenoxy) is 4. The number of rotatable bonds is 0. The molecule has 0 unspecified atom stereocenters. The van der Waals surface area contributed by atoms with Crippen molar-refractivity contribution in [2.45, 2.75) is 112 Å². The van der Waals surface area contributed by atoms with Gasteiger partial charge in [-0.15, -0.1) is 0 Å². The van der Waals surface area contributed by atoms with Gasteiger partial charge in [-0.05, 0) is 25.7 Å². The lowest BCUT2D eigenvalue weighted by atomic mass is 9.85. The fourth-order valence-electron chi connectivity index (χ4n) is 5.39. The highest BCUT2D eigenvalue weighted by molar-refractivity contribution is 5.09. The molecule has 2 N–H and O–H groups in total. The predicted octanol–water partition coefficient (Wildman–Crippen LogP) is 1.61.